The molecule has 2 rings (SSSR count). The highest BCUT2D eigenvalue weighted by molar-refractivity contribution is 6.30. The molecule has 0 aliphatic carbocycles. The maximum atomic E-state index is 13.5. The number of hydrogen-bond acceptors (Lipinski definition) is 3. The molecule has 1 aliphatic rings. The highest BCUT2D eigenvalue weighted by Crippen LogP contribution is 2.22. The van der Waals surface area contributed by atoms with Crippen molar-refractivity contribution >= 4 is 17.5 Å². The van der Waals surface area contributed by atoms with Crippen LogP contribution in [-0.2, 0) is 4.79 Å². The number of amides is 1. The third-order valence-corrected chi connectivity index (χ3v) is 4.42. The van der Waals surface area contributed by atoms with E-state index in [1.807, 2.05) is 0 Å². The van der Waals surface area contributed by atoms with Crippen LogP contribution in [0.5, 0.6) is 0 Å². The van der Waals surface area contributed by atoms with Gasteiger partial charge in [-0.25, -0.2) is 4.39 Å². The molecule has 4 nitrogen and oxygen atoms in total. The molecule has 0 unspecified atom stereocenters. The number of halogens is 2. The first kappa shape index (κ1) is 17.7. The Morgan fingerprint density at radius 1 is 1.52 bits per heavy atom. The molecule has 2 N–H and O–H groups in total. The Bertz CT molecular complexity index is 595. The highest BCUT2D eigenvalue weighted by Gasteiger charge is 2.26. The number of aliphatic hydroxyl groups is 1. The number of likely N-dealkylation sites (tertiary alicyclic amines) is 1. The van der Waals surface area contributed by atoms with Gasteiger partial charge in [-0.1, -0.05) is 23.6 Å². The fourth-order valence-corrected chi connectivity index (χ4v) is 2.85. The third-order valence-electron chi connectivity index (χ3n) is 4.12. The van der Waals surface area contributed by atoms with Gasteiger partial charge in [0.2, 0.25) is 5.91 Å². The predicted molar refractivity (Wildman–Crippen MR) is 87.4 cm³/mol. The summed E-state index contributed by atoms with van der Waals surface area (Å²) < 4.78 is 13.5. The van der Waals surface area contributed by atoms with Gasteiger partial charge in [-0.2, -0.15) is 0 Å². The summed E-state index contributed by atoms with van der Waals surface area (Å²) in [5.41, 5.74) is 0.493. The van der Waals surface area contributed by atoms with Crippen molar-refractivity contribution in [3.63, 3.8) is 0 Å². The molecular formula is C17H20ClFN2O2. The van der Waals surface area contributed by atoms with E-state index in [0.717, 1.165) is 25.9 Å². The van der Waals surface area contributed by atoms with Crippen molar-refractivity contribution in [3.05, 3.63) is 34.6 Å². The molecule has 0 radical (unpaired) electrons. The minimum atomic E-state index is -0.641. The van der Waals surface area contributed by atoms with Crippen LogP contribution in [0.1, 0.15) is 24.4 Å². The Balaban J connectivity index is 1.95. The Labute approximate surface area is 140 Å². The Hall–Kier alpha value is -1.61. The van der Waals surface area contributed by atoms with E-state index >= 15 is 0 Å². The van der Waals surface area contributed by atoms with E-state index < -0.39 is 11.9 Å². The SMILES string of the molecule is C#CCN1CCC(C(=O)N[C@H](CO)c2ccc(Cl)c(F)c2)CC1. The van der Waals surface area contributed by atoms with Crippen molar-refractivity contribution in [3.8, 4) is 12.3 Å². The van der Waals surface area contributed by atoms with Gasteiger partial charge in [-0.3, -0.25) is 9.69 Å². The van der Waals surface area contributed by atoms with Crippen molar-refractivity contribution in [1.82, 2.24) is 10.2 Å². The van der Waals surface area contributed by atoms with Gasteiger partial charge >= 0.3 is 0 Å². The van der Waals surface area contributed by atoms with Crippen LogP contribution in [0.2, 0.25) is 5.02 Å². The third kappa shape index (κ3) is 4.68. The molecular weight excluding hydrogens is 319 g/mol. The van der Waals surface area contributed by atoms with Gasteiger partial charge < -0.3 is 10.4 Å². The van der Waals surface area contributed by atoms with Crippen LogP contribution in [-0.4, -0.2) is 42.2 Å². The maximum Gasteiger partial charge on any atom is 0.223 e. The topological polar surface area (TPSA) is 52.6 Å². The van der Waals surface area contributed by atoms with Crippen LogP contribution >= 0.6 is 11.6 Å². The molecule has 0 saturated carbocycles. The molecule has 1 aromatic carbocycles. The largest absolute Gasteiger partial charge is 0.394 e. The first-order chi connectivity index (χ1) is 11.0. The average Bonchev–Trinajstić information content (AvgIpc) is 2.56. The molecule has 0 aromatic heterocycles. The zero-order valence-electron chi connectivity index (χ0n) is 12.8. The number of rotatable bonds is 5. The lowest BCUT2D eigenvalue weighted by molar-refractivity contribution is -0.127. The molecule has 1 aromatic rings. The monoisotopic (exact) mass is 338 g/mol. The number of hydrogen-bond donors (Lipinski definition) is 2. The quantitative estimate of drug-likeness (QED) is 0.807. The van der Waals surface area contributed by atoms with Gasteiger partial charge in [-0.05, 0) is 43.6 Å². The smallest absolute Gasteiger partial charge is 0.223 e. The Morgan fingerprint density at radius 2 is 2.22 bits per heavy atom. The predicted octanol–water partition coefficient (Wildman–Crippen LogP) is 1.97. The molecule has 124 valence electrons. The van der Waals surface area contributed by atoms with E-state index in [9.17, 15) is 14.3 Å². The van der Waals surface area contributed by atoms with E-state index in [4.69, 9.17) is 18.0 Å². The molecule has 6 heteroatoms. The van der Waals surface area contributed by atoms with Crippen LogP contribution in [0.4, 0.5) is 4.39 Å². The van der Waals surface area contributed by atoms with Gasteiger partial charge in [0.15, 0.2) is 0 Å². The van der Waals surface area contributed by atoms with Crippen molar-refractivity contribution in [2.45, 2.75) is 18.9 Å². The van der Waals surface area contributed by atoms with Gasteiger partial charge in [0.1, 0.15) is 5.82 Å². The summed E-state index contributed by atoms with van der Waals surface area (Å²) in [6.45, 7) is 1.85. The van der Waals surface area contributed by atoms with E-state index in [1.54, 1.807) is 6.07 Å². The van der Waals surface area contributed by atoms with E-state index in [-0.39, 0.29) is 23.5 Å². The molecule has 1 heterocycles. The number of piperidine rings is 1. The first-order valence-corrected chi connectivity index (χ1v) is 7.95. The number of aliphatic hydroxyl groups excluding tert-OH is 1. The number of terminal acetylenes is 1. The standard InChI is InChI=1S/C17H20ClFN2O2/c1-2-7-21-8-5-12(6-9-21)17(23)20-16(11-22)13-3-4-14(18)15(19)10-13/h1,3-4,10,12,16,22H,5-9,11H2,(H,20,23)/t16-/m1/s1. The summed E-state index contributed by atoms with van der Waals surface area (Å²) in [7, 11) is 0. The van der Waals surface area contributed by atoms with Gasteiger partial charge in [0.05, 0.1) is 24.2 Å². The fourth-order valence-electron chi connectivity index (χ4n) is 2.74. The number of nitrogens with one attached hydrogen (secondary N) is 1. The normalized spacial score (nSPS) is 17.5. The Morgan fingerprint density at radius 3 is 2.78 bits per heavy atom. The molecule has 1 amide bonds. The zero-order chi connectivity index (χ0) is 16.8. The van der Waals surface area contributed by atoms with Gasteiger partial charge in [0, 0.05) is 5.92 Å². The van der Waals surface area contributed by atoms with Gasteiger partial charge in [0.25, 0.3) is 0 Å². The van der Waals surface area contributed by atoms with Crippen molar-refractivity contribution in [2.75, 3.05) is 26.2 Å². The summed E-state index contributed by atoms with van der Waals surface area (Å²) >= 11 is 5.65. The molecule has 0 bridgehead atoms. The average molecular weight is 339 g/mol. The molecule has 23 heavy (non-hydrogen) atoms. The molecule has 0 spiro atoms. The van der Waals surface area contributed by atoms with Crippen molar-refractivity contribution in [1.29, 1.82) is 0 Å². The summed E-state index contributed by atoms with van der Waals surface area (Å²) in [6.07, 6.45) is 6.73. The second kappa shape index (κ2) is 8.30. The Kier molecular flexibility index (Phi) is 6.40. The lowest BCUT2D eigenvalue weighted by Crippen LogP contribution is -2.42. The molecule has 1 saturated heterocycles. The van der Waals surface area contributed by atoms with E-state index in [1.165, 1.54) is 12.1 Å². The molecule has 1 fully saturated rings. The number of benzene rings is 1. The summed E-state index contributed by atoms with van der Waals surface area (Å²) in [5, 5.41) is 12.3. The molecule has 1 aliphatic heterocycles. The lowest BCUT2D eigenvalue weighted by Gasteiger charge is -2.30. The second-order valence-corrected chi connectivity index (χ2v) is 6.08. The second-order valence-electron chi connectivity index (χ2n) is 5.67. The molecule has 1 atom stereocenters. The van der Waals surface area contributed by atoms with E-state index in [2.05, 4.69) is 16.1 Å². The van der Waals surface area contributed by atoms with Crippen LogP contribution in [0.15, 0.2) is 18.2 Å². The first-order valence-electron chi connectivity index (χ1n) is 7.57. The van der Waals surface area contributed by atoms with Gasteiger partial charge in [-0.15, -0.1) is 6.42 Å². The summed E-state index contributed by atoms with van der Waals surface area (Å²) in [4.78, 5) is 14.5. The zero-order valence-corrected chi connectivity index (χ0v) is 13.5. The summed E-state index contributed by atoms with van der Waals surface area (Å²) in [5.74, 6) is 1.79. The maximum absolute atomic E-state index is 13.5. The van der Waals surface area contributed by atoms with Crippen LogP contribution in [0.3, 0.4) is 0 Å². The van der Waals surface area contributed by atoms with Crippen molar-refractivity contribution < 1.29 is 14.3 Å². The van der Waals surface area contributed by atoms with E-state index in [0.29, 0.717) is 12.1 Å². The van der Waals surface area contributed by atoms with Crippen LogP contribution in [0.25, 0.3) is 0 Å². The van der Waals surface area contributed by atoms with Crippen molar-refractivity contribution in [2.24, 2.45) is 5.92 Å². The minimum Gasteiger partial charge on any atom is -0.394 e. The fraction of sp³-hybridized carbons (Fsp3) is 0.471. The number of nitrogens with zero attached hydrogens (tertiary/aromatic N) is 1. The van der Waals surface area contributed by atoms with Crippen LogP contribution in [0, 0.1) is 24.1 Å². The number of carbonyl (C=O) groups is 1. The minimum absolute atomic E-state index is 0.0117. The highest BCUT2D eigenvalue weighted by atomic mass is 35.5. The lowest BCUT2D eigenvalue weighted by atomic mass is 9.95. The van der Waals surface area contributed by atoms with Crippen LogP contribution < -0.4 is 5.32 Å². The number of carbonyl (C=O) groups excluding carboxylic acids is 1. The summed E-state index contributed by atoms with van der Waals surface area (Å²) in [6, 6.07) is 3.61.